The molecule has 240 valence electrons. The molecule has 3 saturated carbocycles. The molecule has 0 aliphatic heterocycles. The van der Waals surface area contributed by atoms with Crippen molar-refractivity contribution in [3.63, 3.8) is 0 Å². The second kappa shape index (κ2) is 13.8. The molecular formula is C40H56O4. The molecule has 0 bridgehead atoms. The minimum absolute atomic E-state index is 0.395. The van der Waals surface area contributed by atoms with Gasteiger partial charge >= 0.3 is 5.97 Å². The van der Waals surface area contributed by atoms with Crippen LogP contribution in [0.3, 0.4) is 0 Å². The fourth-order valence-electron chi connectivity index (χ4n) is 8.57. The van der Waals surface area contributed by atoms with Crippen molar-refractivity contribution in [3.05, 3.63) is 65.2 Å². The maximum atomic E-state index is 11.9. The van der Waals surface area contributed by atoms with Gasteiger partial charge in [-0.3, -0.25) is 4.79 Å². The number of carboxylic acids is 1. The van der Waals surface area contributed by atoms with Gasteiger partial charge in [0.05, 0.1) is 18.6 Å². The van der Waals surface area contributed by atoms with Crippen LogP contribution in [0.5, 0.6) is 5.75 Å². The van der Waals surface area contributed by atoms with E-state index in [0.717, 1.165) is 62.5 Å². The van der Waals surface area contributed by atoms with Gasteiger partial charge in [0.25, 0.3) is 0 Å². The lowest BCUT2D eigenvalue weighted by molar-refractivity contribution is -0.148. The summed E-state index contributed by atoms with van der Waals surface area (Å²) in [5.41, 5.74) is 7.73. The highest BCUT2D eigenvalue weighted by Gasteiger charge is 2.56. The Morgan fingerprint density at radius 3 is 2.36 bits per heavy atom. The van der Waals surface area contributed by atoms with Gasteiger partial charge in [-0.2, -0.15) is 0 Å². The Balaban J connectivity index is 1.26. The van der Waals surface area contributed by atoms with Crippen LogP contribution in [0.4, 0.5) is 0 Å². The fraction of sp³-hybridized carbons (Fsp3) is 0.625. The first kappa shape index (κ1) is 32.8. The summed E-state index contributed by atoms with van der Waals surface area (Å²) >= 11 is 0. The molecule has 3 atom stereocenters. The van der Waals surface area contributed by atoms with Crippen molar-refractivity contribution in [1.29, 1.82) is 0 Å². The summed E-state index contributed by atoms with van der Waals surface area (Å²) in [4.78, 5) is 11.9. The summed E-state index contributed by atoms with van der Waals surface area (Å²) in [6.45, 7) is 14.3. The number of carbonyl (C=O) groups is 1. The van der Waals surface area contributed by atoms with Gasteiger partial charge in [0.2, 0.25) is 0 Å². The molecular weight excluding hydrogens is 544 g/mol. The largest absolute Gasteiger partial charge is 0.493 e. The molecule has 4 heteroatoms. The number of ether oxygens (including phenoxy) is 2. The summed E-state index contributed by atoms with van der Waals surface area (Å²) in [6.07, 6.45) is 13.0. The smallest absolute Gasteiger partial charge is 0.309 e. The highest BCUT2D eigenvalue weighted by molar-refractivity contribution is 5.76. The third-order valence-electron chi connectivity index (χ3n) is 11.1. The van der Waals surface area contributed by atoms with Crippen molar-refractivity contribution >= 4 is 5.97 Å². The van der Waals surface area contributed by atoms with E-state index in [1.165, 1.54) is 65.5 Å². The number of benzene rings is 2. The van der Waals surface area contributed by atoms with E-state index in [4.69, 9.17) is 9.47 Å². The van der Waals surface area contributed by atoms with E-state index in [2.05, 4.69) is 63.7 Å². The number of allylic oxidation sites excluding steroid dienone is 1. The van der Waals surface area contributed by atoms with E-state index in [1.807, 2.05) is 6.92 Å². The second-order valence-electron chi connectivity index (χ2n) is 15.0. The van der Waals surface area contributed by atoms with Crippen LogP contribution in [0, 0.1) is 28.6 Å². The van der Waals surface area contributed by atoms with Crippen LogP contribution in [-0.2, 0) is 22.6 Å². The second-order valence-corrected chi connectivity index (χ2v) is 15.0. The van der Waals surface area contributed by atoms with Crippen molar-refractivity contribution in [2.45, 2.75) is 117 Å². The molecule has 0 aromatic heterocycles. The molecule has 3 aliphatic rings. The zero-order valence-electron chi connectivity index (χ0n) is 28.1. The normalized spacial score (nSPS) is 25.6. The molecule has 2 aromatic rings. The molecule has 2 aromatic carbocycles. The summed E-state index contributed by atoms with van der Waals surface area (Å²) in [5, 5.41) is 9.79. The first-order valence-corrected chi connectivity index (χ1v) is 17.4. The van der Waals surface area contributed by atoms with Gasteiger partial charge in [0.15, 0.2) is 0 Å². The lowest BCUT2D eigenvalue weighted by Gasteiger charge is -2.50. The number of methoxy groups -OCH3 is 1. The highest BCUT2D eigenvalue weighted by atomic mass is 16.5. The minimum atomic E-state index is -0.652. The van der Waals surface area contributed by atoms with E-state index >= 15 is 0 Å². The molecule has 1 N–H and O–H groups in total. The van der Waals surface area contributed by atoms with Gasteiger partial charge in [-0.15, -0.1) is 0 Å². The Morgan fingerprint density at radius 1 is 1.09 bits per heavy atom. The molecule has 0 radical (unpaired) electrons. The van der Waals surface area contributed by atoms with E-state index in [-0.39, 0.29) is 0 Å². The van der Waals surface area contributed by atoms with Crippen molar-refractivity contribution < 1.29 is 19.4 Å². The van der Waals surface area contributed by atoms with Gasteiger partial charge < -0.3 is 14.6 Å². The number of hydrogen-bond acceptors (Lipinski definition) is 3. The summed E-state index contributed by atoms with van der Waals surface area (Å²) < 4.78 is 11.7. The predicted molar refractivity (Wildman–Crippen MR) is 180 cm³/mol. The van der Waals surface area contributed by atoms with E-state index in [9.17, 15) is 9.90 Å². The molecule has 3 fully saturated rings. The van der Waals surface area contributed by atoms with Gasteiger partial charge in [-0.1, -0.05) is 62.8 Å². The Hall–Kier alpha value is -2.59. The average molecular weight is 601 g/mol. The van der Waals surface area contributed by atoms with Crippen molar-refractivity contribution in [3.8, 4) is 16.9 Å². The molecule has 3 unspecified atom stereocenters. The number of hydrogen-bond donors (Lipinski definition) is 1. The molecule has 44 heavy (non-hydrogen) atoms. The van der Waals surface area contributed by atoms with Gasteiger partial charge in [0.1, 0.15) is 5.75 Å². The van der Waals surface area contributed by atoms with Crippen LogP contribution in [0.1, 0.15) is 121 Å². The van der Waals surface area contributed by atoms with Crippen LogP contribution < -0.4 is 4.74 Å². The van der Waals surface area contributed by atoms with Crippen LogP contribution in [-0.4, -0.2) is 24.8 Å². The summed E-state index contributed by atoms with van der Waals surface area (Å²) in [5.74, 6) is 3.38. The van der Waals surface area contributed by atoms with Crippen molar-refractivity contribution in [2.75, 3.05) is 13.7 Å². The van der Waals surface area contributed by atoms with Crippen LogP contribution in [0.25, 0.3) is 11.1 Å². The van der Waals surface area contributed by atoms with Crippen molar-refractivity contribution in [1.82, 2.24) is 0 Å². The summed E-state index contributed by atoms with van der Waals surface area (Å²) in [6, 6.07) is 13.7. The lowest BCUT2D eigenvalue weighted by atomic mass is 9.55. The van der Waals surface area contributed by atoms with Crippen LogP contribution in [0.2, 0.25) is 0 Å². The van der Waals surface area contributed by atoms with Crippen LogP contribution >= 0.6 is 0 Å². The molecule has 0 spiro atoms. The number of rotatable bonds is 18. The topological polar surface area (TPSA) is 55.8 Å². The highest BCUT2D eigenvalue weighted by Crippen LogP contribution is 2.65. The third-order valence-corrected chi connectivity index (χ3v) is 11.1. The van der Waals surface area contributed by atoms with Gasteiger partial charge in [-0.05, 0) is 142 Å². The minimum Gasteiger partial charge on any atom is -0.493 e. The monoisotopic (exact) mass is 600 g/mol. The van der Waals surface area contributed by atoms with E-state index < -0.39 is 11.4 Å². The maximum absolute atomic E-state index is 11.9. The maximum Gasteiger partial charge on any atom is 0.309 e. The van der Waals surface area contributed by atoms with Gasteiger partial charge in [0, 0.05) is 12.7 Å². The molecule has 3 aliphatic carbocycles. The molecule has 0 saturated heterocycles. The summed E-state index contributed by atoms with van der Waals surface area (Å²) in [7, 11) is 1.74. The Labute approximate surface area is 266 Å². The lowest BCUT2D eigenvalue weighted by Crippen LogP contribution is -2.41. The van der Waals surface area contributed by atoms with Crippen LogP contribution in [0.15, 0.2) is 48.6 Å². The van der Waals surface area contributed by atoms with Crippen molar-refractivity contribution in [2.24, 2.45) is 28.6 Å². The van der Waals surface area contributed by atoms with E-state index in [1.54, 1.807) is 7.11 Å². The molecule has 0 heterocycles. The first-order chi connectivity index (χ1) is 21.1. The van der Waals surface area contributed by atoms with Gasteiger partial charge in [-0.25, -0.2) is 0 Å². The Kier molecular flexibility index (Phi) is 10.3. The quantitative estimate of drug-likeness (QED) is 0.173. The zero-order chi connectivity index (χ0) is 31.5. The SMILES string of the molecule is C=C(CCCC(C)(CCC)C(=O)O)CC1(C2CC2C)CC(Cc2cc(OCC)c(-c3ccc(COC)cc3)c(C3CC3)c2)C1. The molecule has 4 nitrogen and oxygen atoms in total. The molecule has 5 rings (SSSR count). The van der Waals surface area contributed by atoms with E-state index in [0.29, 0.717) is 30.5 Å². The zero-order valence-corrected chi connectivity index (χ0v) is 28.1. The standard InChI is InChI=1S/C40H56O4/c1-7-17-39(5,38(41)42)18-9-10-27(3)23-40(35-19-28(35)4)24-31(25-40)20-30-21-34(32-15-16-32)37(36(22-30)44-8-2)33-13-11-29(12-14-33)26-43-6/h11-14,21-22,28,31-32,35H,3,7-10,15-20,23-26H2,1-2,4-6H3,(H,41,42). The third kappa shape index (κ3) is 7.44. The Morgan fingerprint density at radius 2 is 1.80 bits per heavy atom. The molecule has 0 amide bonds. The predicted octanol–water partition coefficient (Wildman–Crippen LogP) is 10.4. The Bertz CT molecular complexity index is 1300. The number of carboxylic acid groups (broad SMARTS) is 1. The first-order valence-electron chi connectivity index (χ1n) is 17.4. The average Bonchev–Trinajstić information content (AvgIpc) is 3.90. The number of aliphatic carboxylic acids is 1. The fourth-order valence-corrected chi connectivity index (χ4v) is 8.57.